The molecule has 0 radical (unpaired) electrons. The van der Waals surface area contributed by atoms with Crippen molar-refractivity contribution >= 4 is 11.1 Å². The first-order chi connectivity index (χ1) is 13.9. The molecule has 6 heteroatoms. The van der Waals surface area contributed by atoms with Crippen molar-refractivity contribution in [3.63, 3.8) is 0 Å². The Balaban J connectivity index is 0.00000136. The summed E-state index contributed by atoms with van der Waals surface area (Å²) in [5, 5.41) is 0. The first kappa shape index (κ1) is 24.0. The Hall–Kier alpha value is -1.61. The van der Waals surface area contributed by atoms with Gasteiger partial charge in [0.1, 0.15) is 0 Å². The van der Waals surface area contributed by atoms with Crippen molar-refractivity contribution in [3.05, 3.63) is 107 Å². The standard InChI is InChI=1S/C25H16F3.2ClH.Zr/c26-25(27,28)22-6-3-5-16(15-22)17-8-9-18(12-17)19-10-11-24-21(13-19)14-20-4-1-2-7-23(20)24;;;/h1-8,10-15H,9H2;2*1H;/q;;;+2/p-2. The summed E-state index contributed by atoms with van der Waals surface area (Å²) in [6.07, 6.45) is 0.452. The number of hydrogen-bond acceptors (Lipinski definition) is 0. The van der Waals surface area contributed by atoms with Crippen LogP contribution in [-0.2, 0) is 30.9 Å². The molecule has 0 saturated carbocycles. The second-order valence-electron chi connectivity index (χ2n) is 7.43. The Morgan fingerprint density at radius 2 is 1.52 bits per heavy atom. The van der Waals surface area contributed by atoms with Gasteiger partial charge in [-0.2, -0.15) is 0 Å². The molecule has 0 aromatic heterocycles. The SMILES string of the molecule is FC(F)(F)c1cccc(C2=CCC(c3ccc4c(c3)[CH]([Zr+2])c3ccccc3-4)=C2)c1.[Cl-].[Cl-]. The Labute approximate surface area is 206 Å². The molecule has 0 amide bonds. The second kappa shape index (κ2) is 9.10. The van der Waals surface area contributed by atoms with Crippen molar-refractivity contribution in [2.75, 3.05) is 0 Å². The second-order valence-corrected chi connectivity index (χ2v) is 8.85. The van der Waals surface area contributed by atoms with E-state index in [1.54, 1.807) is 6.07 Å². The molecule has 0 bridgehead atoms. The van der Waals surface area contributed by atoms with Crippen LogP contribution in [0.4, 0.5) is 13.2 Å². The maximum Gasteiger partial charge on any atom is -1.00 e. The predicted molar refractivity (Wildman–Crippen MR) is 106 cm³/mol. The smallest absolute Gasteiger partial charge is 1.00 e. The van der Waals surface area contributed by atoms with Gasteiger partial charge in [0, 0.05) is 0 Å². The topological polar surface area (TPSA) is 0 Å². The fourth-order valence-corrected chi connectivity index (χ4v) is 5.42. The fraction of sp³-hybridized carbons (Fsp3) is 0.120. The number of halogens is 5. The number of alkyl halides is 3. The van der Waals surface area contributed by atoms with E-state index in [9.17, 15) is 13.2 Å². The van der Waals surface area contributed by atoms with Gasteiger partial charge in [-0.25, -0.2) is 0 Å². The monoisotopic (exact) mass is 533 g/mol. The largest absolute Gasteiger partial charge is 1.00 e. The molecule has 3 aromatic rings. The summed E-state index contributed by atoms with van der Waals surface area (Å²) in [6.45, 7) is 0. The molecule has 3 aromatic carbocycles. The van der Waals surface area contributed by atoms with Gasteiger partial charge >= 0.3 is 183 Å². The molecule has 0 N–H and O–H groups in total. The van der Waals surface area contributed by atoms with E-state index in [1.165, 1.54) is 59.1 Å². The number of fused-ring (bicyclic) bond motifs is 3. The number of hydrogen-bond donors (Lipinski definition) is 0. The van der Waals surface area contributed by atoms with E-state index in [4.69, 9.17) is 0 Å². The Morgan fingerprint density at radius 3 is 2.29 bits per heavy atom. The predicted octanol–water partition coefficient (Wildman–Crippen LogP) is 1.20. The van der Waals surface area contributed by atoms with E-state index in [-0.39, 0.29) is 24.8 Å². The molecular weight excluding hydrogens is 519 g/mol. The number of rotatable bonds is 2. The molecule has 155 valence electrons. The number of benzene rings is 3. The van der Waals surface area contributed by atoms with Crippen molar-refractivity contribution in [2.45, 2.75) is 16.2 Å². The normalized spacial score (nSPS) is 16.5. The molecule has 0 heterocycles. The van der Waals surface area contributed by atoms with E-state index in [0.717, 1.165) is 29.2 Å². The van der Waals surface area contributed by atoms with Crippen LogP contribution in [-0.4, -0.2) is 0 Å². The van der Waals surface area contributed by atoms with Crippen molar-refractivity contribution in [1.29, 1.82) is 0 Å². The quantitative estimate of drug-likeness (QED) is 0.463. The molecule has 2 aliphatic rings. The summed E-state index contributed by atoms with van der Waals surface area (Å²) in [6, 6.07) is 20.7. The van der Waals surface area contributed by atoms with Crippen LogP contribution < -0.4 is 24.8 Å². The van der Waals surface area contributed by atoms with Gasteiger partial charge in [0.05, 0.1) is 0 Å². The van der Waals surface area contributed by atoms with Crippen LogP contribution in [0.1, 0.15) is 37.9 Å². The molecule has 0 spiro atoms. The van der Waals surface area contributed by atoms with Crippen LogP contribution >= 0.6 is 0 Å². The molecule has 1 atom stereocenters. The minimum atomic E-state index is -4.32. The van der Waals surface area contributed by atoms with E-state index in [2.05, 4.69) is 42.5 Å². The van der Waals surface area contributed by atoms with Gasteiger partial charge in [0.2, 0.25) is 0 Å². The zero-order valence-corrected chi connectivity index (χ0v) is 20.1. The van der Waals surface area contributed by atoms with Gasteiger partial charge in [0.15, 0.2) is 0 Å². The van der Waals surface area contributed by atoms with Gasteiger partial charge in [0.25, 0.3) is 0 Å². The Kier molecular flexibility index (Phi) is 7.06. The van der Waals surface area contributed by atoms with Gasteiger partial charge in [-0.3, -0.25) is 0 Å². The average molecular weight is 536 g/mol. The molecule has 0 saturated heterocycles. The molecule has 31 heavy (non-hydrogen) atoms. The Morgan fingerprint density at radius 1 is 0.774 bits per heavy atom. The van der Waals surface area contributed by atoms with Crippen molar-refractivity contribution < 1.29 is 62.7 Å². The third kappa shape index (κ3) is 4.35. The molecule has 0 fully saturated rings. The molecule has 5 rings (SSSR count). The molecule has 0 nitrogen and oxygen atoms in total. The molecule has 2 aliphatic carbocycles. The maximum atomic E-state index is 13.0. The van der Waals surface area contributed by atoms with Crippen LogP contribution in [0.15, 0.2) is 78.9 Å². The van der Waals surface area contributed by atoms with Gasteiger partial charge in [-0.05, 0) is 0 Å². The minimum absolute atomic E-state index is 0. The van der Waals surface area contributed by atoms with Crippen LogP contribution in [0.3, 0.4) is 0 Å². The third-order valence-electron chi connectivity index (χ3n) is 5.69. The summed E-state index contributed by atoms with van der Waals surface area (Å²) < 4.78 is 39.6. The minimum Gasteiger partial charge on any atom is -1.00 e. The van der Waals surface area contributed by atoms with Gasteiger partial charge < -0.3 is 24.8 Å². The summed E-state index contributed by atoms with van der Waals surface area (Å²) in [5.74, 6) is 0. The van der Waals surface area contributed by atoms with Crippen molar-refractivity contribution in [2.24, 2.45) is 0 Å². The molecule has 0 aliphatic heterocycles. The van der Waals surface area contributed by atoms with Crippen LogP contribution in [0.2, 0.25) is 0 Å². The summed E-state index contributed by atoms with van der Waals surface area (Å²) >= 11 is 1.46. The van der Waals surface area contributed by atoms with E-state index in [0.29, 0.717) is 9.19 Å². The van der Waals surface area contributed by atoms with E-state index < -0.39 is 11.7 Å². The first-order valence-corrected chi connectivity index (χ1v) is 10.9. The summed E-state index contributed by atoms with van der Waals surface area (Å²) in [4.78, 5) is 0. The molecular formula is C25H16Cl2F3Zr. The van der Waals surface area contributed by atoms with E-state index in [1.807, 2.05) is 12.2 Å². The van der Waals surface area contributed by atoms with Crippen molar-refractivity contribution in [3.8, 4) is 11.1 Å². The number of allylic oxidation sites excluding steroid dienone is 4. The average Bonchev–Trinajstić information content (AvgIpc) is 3.32. The summed E-state index contributed by atoms with van der Waals surface area (Å²) in [5.41, 5.74) is 8.54. The van der Waals surface area contributed by atoms with Gasteiger partial charge in [-0.1, -0.05) is 0 Å². The fourth-order valence-electron chi connectivity index (χ4n) is 4.21. The van der Waals surface area contributed by atoms with Gasteiger partial charge in [-0.15, -0.1) is 0 Å². The molecule has 1 unspecified atom stereocenters. The summed E-state index contributed by atoms with van der Waals surface area (Å²) in [7, 11) is 0. The van der Waals surface area contributed by atoms with Crippen molar-refractivity contribution in [1.82, 2.24) is 0 Å². The van der Waals surface area contributed by atoms with E-state index >= 15 is 0 Å². The van der Waals surface area contributed by atoms with Crippen LogP contribution in [0, 0.1) is 0 Å². The van der Waals surface area contributed by atoms with Crippen LogP contribution in [0.25, 0.3) is 22.3 Å². The maximum absolute atomic E-state index is 13.0. The first-order valence-electron chi connectivity index (χ1n) is 9.45. The zero-order chi connectivity index (χ0) is 20.2. The van der Waals surface area contributed by atoms with Crippen LogP contribution in [0.5, 0.6) is 0 Å². The Bertz CT molecular complexity index is 1200. The third-order valence-corrected chi connectivity index (χ3v) is 7.22. The zero-order valence-electron chi connectivity index (χ0n) is 16.2.